The number of benzene rings is 1. The Labute approximate surface area is 123 Å². The monoisotopic (exact) mass is 287 g/mol. The fraction of sp³-hybridized carbons (Fsp3) is 0.250. The number of nitrogens with zero attached hydrogens (tertiary/aromatic N) is 1. The van der Waals surface area contributed by atoms with E-state index in [-0.39, 0.29) is 5.88 Å². The third-order valence-corrected chi connectivity index (χ3v) is 3.12. The maximum Gasteiger partial charge on any atom is 0.299 e. The quantitative estimate of drug-likeness (QED) is 0.791. The van der Waals surface area contributed by atoms with E-state index in [9.17, 15) is 4.79 Å². The van der Waals surface area contributed by atoms with Gasteiger partial charge in [0.15, 0.2) is 0 Å². The third-order valence-electron chi connectivity index (χ3n) is 3.12. The van der Waals surface area contributed by atoms with Crippen LogP contribution in [0.15, 0.2) is 24.3 Å². The predicted octanol–water partition coefficient (Wildman–Crippen LogP) is 2.92. The molecule has 5 nitrogen and oxygen atoms in total. The second-order valence-electron chi connectivity index (χ2n) is 4.57. The molecule has 5 heteroatoms. The van der Waals surface area contributed by atoms with Crippen molar-refractivity contribution in [1.29, 1.82) is 0 Å². The Kier molecular flexibility index (Phi) is 4.42. The normalized spacial score (nSPS) is 10.1. The van der Waals surface area contributed by atoms with Crippen LogP contribution in [-0.2, 0) is 4.79 Å². The van der Waals surface area contributed by atoms with Crippen LogP contribution in [-0.4, -0.2) is 25.7 Å². The van der Waals surface area contributed by atoms with Gasteiger partial charge in [0.25, 0.3) is 6.47 Å². The molecule has 0 aliphatic rings. The highest BCUT2D eigenvalue weighted by atomic mass is 16.5. The maximum atomic E-state index is 10.5. The van der Waals surface area contributed by atoms with Crippen LogP contribution < -0.4 is 14.2 Å². The predicted molar refractivity (Wildman–Crippen MR) is 78.9 cm³/mol. The van der Waals surface area contributed by atoms with E-state index in [0.29, 0.717) is 12.2 Å². The lowest BCUT2D eigenvalue weighted by Crippen LogP contribution is -1.97. The minimum atomic E-state index is 0.261. The average molecular weight is 287 g/mol. The lowest BCUT2D eigenvalue weighted by Gasteiger charge is -2.15. The molecule has 0 unspecified atom stereocenters. The van der Waals surface area contributed by atoms with Crippen LogP contribution in [0.4, 0.5) is 0 Å². The summed E-state index contributed by atoms with van der Waals surface area (Å²) in [6.07, 6.45) is 0. The summed E-state index contributed by atoms with van der Waals surface area (Å²) >= 11 is 0. The maximum absolute atomic E-state index is 10.5. The van der Waals surface area contributed by atoms with Gasteiger partial charge in [-0.2, -0.15) is 0 Å². The first-order valence-electron chi connectivity index (χ1n) is 6.41. The Bertz CT molecular complexity index is 668. The van der Waals surface area contributed by atoms with Crippen LogP contribution in [0, 0.1) is 13.8 Å². The van der Waals surface area contributed by atoms with Crippen molar-refractivity contribution in [1.82, 2.24) is 4.98 Å². The highest BCUT2D eigenvalue weighted by Crippen LogP contribution is 2.37. The van der Waals surface area contributed by atoms with Crippen LogP contribution in [0.2, 0.25) is 0 Å². The SMILES string of the molecule is COc1cc(C)c(-c2cc(C)nc(OC=O)c2)c(OC)c1. The van der Waals surface area contributed by atoms with Crippen LogP contribution in [0.5, 0.6) is 17.4 Å². The number of carbonyl (C=O) groups is 1. The van der Waals surface area contributed by atoms with Gasteiger partial charge in [-0.05, 0) is 37.1 Å². The molecule has 0 N–H and O–H groups in total. The number of hydrogen-bond acceptors (Lipinski definition) is 5. The number of ether oxygens (including phenoxy) is 3. The second kappa shape index (κ2) is 6.26. The van der Waals surface area contributed by atoms with E-state index >= 15 is 0 Å². The summed E-state index contributed by atoms with van der Waals surface area (Å²) in [7, 11) is 3.22. The molecule has 0 amide bonds. The molecule has 1 heterocycles. The van der Waals surface area contributed by atoms with Gasteiger partial charge in [-0.3, -0.25) is 4.79 Å². The van der Waals surface area contributed by atoms with E-state index in [0.717, 1.165) is 28.1 Å². The van der Waals surface area contributed by atoms with Gasteiger partial charge in [0, 0.05) is 23.4 Å². The first kappa shape index (κ1) is 14.8. The molecule has 0 fully saturated rings. The van der Waals surface area contributed by atoms with Gasteiger partial charge in [0.2, 0.25) is 5.88 Å². The van der Waals surface area contributed by atoms with Crippen molar-refractivity contribution in [3.05, 3.63) is 35.5 Å². The van der Waals surface area contributed by atoms with Gasteiger partial charge < -0.3 is 14.2 Å². The van der Waals surface area contributed by atoms with E-state index in [1.807, 2.05) is 32.0 Å². The zero-order valence-electron chi connectivity index (χ0n) is 12.5. The summed E-state index contributed by atoms with van der Waals surface area (Å²) in [4.78, 5) is 14.7. The van der Waals surface area contributed by atoms with E-state index in [2.05, 4.69) is 4.98 Å². The Balaban J connectivity index is 2.63. The fourth-order valence-corrected chi connectivity index (χ4v) is 2.26. The Morgan fingerprint density at radius 1 is 1.05 bits per heavy atom. The van der Waals surface area contributed by atoms with Crippen molar-refractivity contribution in [2.45, 2.75) is 13.8 Å². The van der Waals surface area contributed by atoms with Crippen LogP contribution in [0.1, 0.15) is 11.3 Å². The molecule has 0 aliphatic heterocycles. The van der Waals surface area contributed by atoms with Crippen molar-refractivity contribution < 1.29 is 19.0 Å². The topological polar surface area (TPSA) is 57.7 Å². The van der Waals surface area contributed by atoms with Crippen molar-refractivity contribution in [3.8, 4) is 28.5 Å². The number of rotatable bonds is 5. The molecule has 0 spiro atoms. The molecule has 0 atom stereocenters. The summed E-state index contributed by atoms with van der Waals surface area (Å²) < 4.78 is 15.6. The van der Waals surface area contributed by atoms with Gasteiger partial charge >= 0.3 is 0 Å². The molecule has 2 rings (SSSR count). The van der Waals surface area contributed by atoms with Gasteiger partial charge in [0.05, 0.1) is 14.2 Å². The zero-order chi connectivity index (χ0) is 15.4. The molecule has 2 aromatic rings. The molecule has 0 bridgehead atoms. The molecule has 21 heavy (non-hydrogen) atoms. The largest absolute Gasteiger partial charge is 0.497 e. The standard InChI is InChI=1S/C16H17NO4/c1-10-5-13(19-3)8-14(20-4)16(10)12-6-11(2)17-15(7-12)21-9-18/h5-9H,1-4H3. The summed E-state index contributed by atoms with van der Waals surface area (Å²) in [5, 5.41) is 0. The number of aromatic nitrogens is 1. The number of pyridine rings is 1. The third kappa shape index (κ3) is 3.13. The van der Waals surface area contributed by atoms with Crippen molar-refractivity contribution in [2.75, 3.05) is 14.2 Å². The molecular weight excluding hydrogens is 270 g/mol. The zero-order valence-corrected chi connectivity index (χ0v) is 12.5. The average Bonchev–Trinajstić information content (AvgIpc) is 2.45. The van der Waals surface area contributed by atoms with E-state index < -0.39 is 0 Å². The van der Waals surface area contributed by atoms with Gasteiger partial charge in [-0.1, -0.05) is 0 Å². The van der Waals surface area contributed by atoms with Crippen LogP contribution in [0.25, 0.3) is 11.1 Å². The molecule has 0 radical (unpaired) electrons. The minimum Gasteiger partial charge on any atom is -0.497 e. The first-order valence-corrected chi connectivity index (χ1v) is 6.41. The summed E-state index contributed by atoms with van der Waals surface area (Å²) in [5.74, 6) is 1.68. The lowest BCUT2D eigenvalue weighted by atomic mass is 9.99. The highest BCUT2D eigenvalue weighted by molar-refractivity contribution is 5.76. The Morgan fingerprint density at radius 2 is 1.81 bits per heavy atom. The lowest BCUT2D eigenvalue weighted by molar-refractivity contribution is -0.120. The number of hydrogen-bond donors (Lipinski definition) is 0. The smallest absolute Gasteiger partial charge is 0.299 e. The number of methoxy groups -OCH3 is 2. The van der Waals surface area contributed by atoms with Gasteiger partial charge in [-0.15, -0.1) is 0 Å². The molecule has 1 aromatic carbocycles. The highest BCUT2D eigenvalue weighted by Gasteiger charge is 2.13. The van der Waals surface area contributed by atoms with Gasteiger partial charge in [-0.25, -0.2) is 4.98 Å². The fourth-order valence-electron chi connectivity index (χ4n) is 2.26. The van der Waals surface area contributed by atoms with E-state index in [1.54, 1.807) is 20.3 Å². The molecule has 0 aliphatic carbocycles. The molecular formula is C16H17NO4. The Hall–Kier alpha value is -2.56. The van der Waals surface area contributed by atoms with Crippen molar-refractivity contribution >= 4 is 6.47 Å². The number of carbonyl (C=O) groups excluding carboxylic acids is 1. The summed E-state index contributed by atoms with van der Waals surface area (Å²) in [6.45, 7) is 4.17. The number of aryl methyl sites for hydroxylation is 2. The van der Waals surface area contributed by atoms with Crippen molar-refractivity contribution in [2.24, 2.45) is 0 Å². The van der Waals surface area contributed by atoms with Gasteiger partial charge in [0.1, 0.15) is 11.5 Å². The molecule has 0 saturated heterocycles. The Morgan fingerprint density at radius 3 is 2.43 bits per heavy atom. The second-order valence-corrected chi connectivity index (χ2v) is 4.57. The van der Waals surface area contributed by atoms with E-state index in [4.69, 9.17) is 14.2 Å². The molecule has 1 aromatic heterocycles. The van der Waals surface area contributed by atoms with Crippen LogP contribution in [0.3, 0.4) is 0 Å². The minimum absolute atomic E-state index is 0.261. The summed E-state index contributed by atoms with van der Waals surface area (Å²) in [5.41, 5.74) is 3.53. The molecule has 0 saturated carbocycles. The van der Waals surface area contributed by atoms with Crippen molar-refractivity contribution in [3.63, 3.8) is 0 Å². The molecule has 110 valence electrons. The van der Waals surface area contributed by atoms with E-state index in [1.165, 1.54) is 0 Å². The first-order chi connectivity index (χ1) is 10.1. The summed E-state index contributed by atoms with van der Waals surface area (Å²) in [6, 6.07) is 7.36. The van der Waals surface area contributed by atoms with Crippen LogP contribution >= 0.6 is 0 Å².